The number of halogens is 2. The average molecular weight is 565 g/mol. The zero-order valence-corrected chi connectivity index (χ0v) is 19.0. The summed E-state index contributed by atoms with van der Waals surface area (Å²) in [5, 5.41) is 3.83. The molecule has 0 saturated carbocycles. The van der Waals surface area contributed by atoms with Gasteiger partial charge in [-0.3, -0.25) is 4.79 Å². The quantitative estimate of drug-likeness (QED) is 0.287. The van der Waals surface area contributed by atoms with Gasteiger partial charge in [-0.15, -0.1) is 11.3 Å². The van der Waals surface area contributed by atoms with Crippen LogP contribution in [0.3, 0.4) is 0 Å². The predicted molar refractivity (Wildman–Crippen MR) is 126 cm³/mol. The molecular formula is C21H14BrIN2O2S. The summed E-state index contributed by atoms with van der Waals surface area (Å²) in [7, 11) is 0. The van der Waals surface area contributed by atoms with Crippen LogP contribution in [-0.4, -0.2) is 17.5 Å². The molecular weight excluding hydrogens is 551 g/mol. The molecule has 3 aromatic carbocycles. The van der Waals surface area contributed by atoms with Gasteiger partial charge in [-0.05, 0) is 77.2 Å². The molecule has 0 bridgehead atoms. The van der Waals surface area contributed by atoms with Crippen molar-refractivity contribution in [3.05, 3.63) is 74.8 Å². The van der Waals surface area contributed by atoms with Crippen molar-refractivity contribution in [1.29, 1.82) is 0 Å². The second-order valence-corrected chi connectivity index (χ2v) is 9.16. The Morgan fingerprint density at radius 2 is 1.89 bits per heavy atom. The summed E-state index contributed by atoms with van der Waals surface area (Å²) in [4.78, 5) is 17.2. The van der Waals surface area contributed by atoms with E-state index < -0.39 is 0 Å². The SMILES string of the molecule is O=C(COc1ccc(Br)cc1)Nc1ccc(I)cc1-c1nc2ccccc2s1. The molecule has 0 aliphatic rings. The number of aromatic nitrogens is 1. The number of anilines is 1. The number of carbonyl (C=O) groups is 1. The van der Waals surface area contributed by atoms with Crippen LogP contribution in [-0.2, 0) is 4.79 Å². The highest BCUT2D eigenvalue weighted by molar-refractivity contribution is 14.1. The van der Waals surface area contributed by atoms with Crippen molar-refractivity contribution in [1.82, 2.24) is 4.98 Å². The van der Waals surface area contributed by atoms with Gasteiger partial charge in [-0.1, -0.05) is 28.1 Å². The van der Waals surface area contributed by atoms with E-state index in [0.29, 0.717) is 5.75 Å². The molecule has 0 fully saturated rings. The average Bonchev–Trinajstić information content (AvgIpc) is 3.13. The summed E-state index contributed by atoms with van der Waals surface area (Å²) in [6.07, 6.45) is 0. The monoisotopic (exact) mass is 564 g/mol. The lowest BCUT2D eigenvalue weighted by Crippen LogP contribution is -2.20. The largest absolute Gasteiger partial charge is 0.484 e. The molecule has 0 spiro atoms. The van der Waals surface area contributed by atoms with E-state index in [2.05, 4.69) is 49.9 Å². The van der Waals surface area contributed by atoms with Crippen molar-refractivity contribution in [3.63, 3.8) is 0 Å². The predicted octanol–water partition coefficient (Wildman–Crippen LogP) is 6.35. The Balaban J connectivity index is 1.54. The highest BCUT2D eigenvalue weighted by Crippen LogP contribution is 2.35. The molecule has 0 aliphatic carbocycles. The van der Waals surface area contributed by atoms with Gasteiger partial charge in [0.25, 0.3) is 5.91 Å². The molecule has 1 amide bonds. The molecule has 4 rings (SSSR count). The molecule has 4 nitrogen and oxygen atoms in total. The number of hydrogen-bond donors (Lipinski definition) is 1. The van der Waals surface area contributed by atoms with Crippen molar-refractivity contribution in [2.45, 2.75) is 0 Å². The number of carbonyl (C=O) groups excluding carboxylic acids is 1. The molecule has 0 saturated heterocycles. The highest BCUT2D eigenvalue weighted by Gasteiger charge is 2.14. The fraction of sp³-hybridized carbons (Fsp3) is 0.0476. The number of ether oxygens (including phenoxy) is 1. The maximum absolute atomic E-state index is 12.4. The Kier molecular flexibility index (Phi) is 5.93. The second kappa shape index (κ2) is 8.59. The summed E-state index contributed by atoms with van der Waals surface area (Å²) in [5.74, 6) is 0.429. The van der Waals surface area contributed by atoms with Gasteiger partial charge < -0.3 is 10.1 Å². The Morgan fingerprint density at radius 1 is 1.11 bits per heavy atom. The molecule has 1 N–H and O–H groups in total. The van der Waals surface area contributed by atoms with Crippen LogP contribution in [0.1, 0.15) is 0 Å². The van der Waals surface area contributed by atoms with E-state index in [1.807, 2.05) is 60.7 Å². The molecule has 0 aliphatic heterocycles. The number of fused-ring (bicyclic) bond motifs is 1. The Bertz CT molecular complexity index is 1110. The lowest BCUT2D eigenvalue weighted by atomic mass is 10.2. The van der Waals surface area contributed by atoms with E-state index in [-0.39, 0.29) is 12.5 Å². The highest BCUT2D eigenvalue weighted by atomic mass is 127. The van der Waals surface area contributed by atoms with Gasteiger partial charge in [0, 0.05) is 13.6 Å². The topological polar surface area (TPSA) is 51.2 Å². The zero-order valence-electron chi connectivity index (χ0n) is 14.5. The minimum absolute atomic E-state index is 0.0626. The van der Waals surface area contributed by atoms with Crippen LogP contribution in [0.15, 0.2) is 71.2 Å². The van der Waals surface area contributed by atoms with E-state index in [0.717, 1.165) is 34.5 Å². The third-order valence-electron chi connectivity index (χ3n) is 3.96. The summed E-state index contributed by atoms with van der Waals surface area (Å²) < 4.78 is 8.72. The number of amides is 1. The van der Waals surface area contributed by atoms with Gasteiger partial charge in [0.1, 0.15) is 10.8 Å². The van der Waals surface area contributed by atoms with Gasteiger partial charge in [-0.2, -0.15) is 0 Å². The minimum atomic E-state index is -0.216. The fourth-order valence-corrected chi connectivity index (χ4v) is 4.41. The van der Waals surface area contributed by atoms with Gasteiger partial charge in [0.15, 0.2) is 6.61 Å². The van der Waals surface area contributed by atoms with Crippen LogP contribution in [0.25, 0.3) is 20.8 Å². The Morgan fingerprint density at radius 3 is 2.68 bits per heavy atom. The summed E-state index contributed by atoms with van der Waals surface area (Å²) in [6, 6.07) is 21.3. The summed E-state index contributed by atoms with van der Waals surface area (Å²) >= 11 is 7.25. The van der Waals surface area contributed by atoms with Crippen LogP contribution < -0.4 is 10.1 Å². The first-order chi connectivity index (χ1) is 13.6. The van der Waals surface area contributed by atoms with Gasteiger partial charge in [-0.25, -0.2) is 4.98 Å². The smallest absolute Gasteiger partial charge is 0.262 e. The number of nitrogens with zero attached hydrogens (tertiary/aromatic N) is 1. The van der Waals surface area contributed by atoms with Crippen molar-refractivity contribution in [2.24, 2.45) is 0 Å². The first-order valence-electron chi connectivity index (χ1n) is 8.42. The first-order valence-corrected chi connectivity index (χ1v) is 11.1. The van der Waals surface area contributed by atoms with Crippen LogP contribution in [0, 0.1) is 3.57 Å². The number of rotatable bonds is 5. The third kappa shape index (κ3) is 4.53. The third-order valence-corrected chi connectivity index (χ3v) is 6.23. The van der Waals surface area contributed by atoms with Crippen molar-refractivity contribution in [3.8, 4) is 16.3 Å². The normalized spacial score (nSPS) is 10.8. The second-order valence-electron chi connectivity index (χ2n) is 5.97. The summed E-state index contributed by atoms with van der Waals surface area (Å²) in [5.41, 5.74) is 2.59. The maximum Gasteiger partial charge on any atom is 0.262 e. The maximum atomic E-state index is 12.4. The van der Waals surface area contributed by atoms with Crippen LogP contribution in [0.2, 0.25) is 0 Å². The number of thiazole rings is 1. The van der Waals surface area contributed by atoms with E-state index in [1.165, 1.54) is 0 Å². The van der Waals surface area contributed by atoms with Crippen molar-refractivity contribution < 1.29 is 9.53 Å². The van der Waals surface area contributed by atoms with Crippen LogP contribution in [0.5, 0.6) is 5.75 Å². The molecule has 4 aromatic rings. The molecule has 0 atom stereocenters. The Hall–Kier alpha value is -1.97. The van der Waals surface area contributed by atoms with Crippen molar-refractivity contribution >= 4 is 71.7 Å². The number of benzene rings is 3. The van der Waals surface area contributed by atoms with E-state index in [1.54, 1.807) is 11.3 Å². The standard InChI is InChI=1S/C21H14BrIN2O2S/c22-13-5-8-15(9-6-13)27-12-20(26)24-17-10-7-14(23)11-16(17)21-25-18-3-1-2-4-19(18)28-21/h1-11H,12H2,(H,24,26). The molecule has 0 radical (unpaired) electrons. The number of para-hydroxylation sites is 1. The summed E-state index contributed by atoms with van der Waals surface area (Å²) in [6.45, 7) is -0.0626. The molecule has 7 heteroatoms. The van der Waals surface area contributed by atoms with E-state index in [9.17, 15) is 4.79 Å². The first kappa shape index (κ1) is 19.4. The molecule has 140 valence electrons. The molecule has 28 heavy (non-hydrogen) atoms. The fourth-order valence-electron chi connectivity index (χ4n) is 2.66. The van der Waals surface area contributed by atoms with E-state index in [4.69, 9.17) is 9.72 Å². The van der Waals surface area contributed by atoms with Gasteiger partial charge in [0.05, 0.1) is 15.9 Å². The molecule has 0 unspecified atom stereocenters. The molecule has 1 aromatic heterocycles. The molecule has 1 heterocycles. The Labute approximate surface area is 188 Å². The van der Waals surface area contributed by atoms with Gasteiger partial charge in [0.2, 0.25) is 0 Å². The van der Waals surface area contributed by atoms with Crippen molar-refractivity contribution in [2.75, 3.05) is 11.9 Å². The van der Waals surface area contributed by atoms with Crippen LogP contribution >= 0.6 is 49.9 Å². The number of nitrogens with one attached hydrogen (secondary N) is 1. The lowest BCUT2D eigenvalue weighted by Gasteiger charge is -2.11. The van der Waals surface area contributed by atoms with Crippen LogP contribution in [0.4, 0.5) is 5.69 Å². The van der Waals surface area contributed by atoms with E-state index >= 15 is 0 Å². The number of hydrogen-bond acceptors (Lipinski definition) is 4. The zero-order chi connectivity index (χ0) is 19.5. The lowest BCUT2D eigenvalue weighted by molar-refractivity contribution is -0.118. The minimum Gasteiger partial charge on any atom is -0.484 e. The van der Waals surface area contributed by atoms with Gasteiger partial charge >= 0.3 is 0 Å².